The predicted molar refractivity (Wildman–Crippen MR) is 143 cm³/mol. The highest BCUT2D eigenvalue weighted by molar-refractivity contribution is 5.97. The van der Waals surface area contributed by atoms with Crippen molar-refractivity contribution in [3.63, 3.8) is 0 Å². The molecule has 2 fully saturated rings. The van der Waals surface area contributed by atoms with Crippen LogP contribution in [0.3, 0.4) is 0 Å². The molecule has 2 saturated heterocycles. The Hall–Kier alpha value is -2.41. The molecule has 2 unspecified atom stereocenters. The van der Waals surface area contributed by atoms with Gasteiger partial charge in [-0.05, 0) is 91.8 Å². The Labute approximate surface area is 220 Å². The van der Waals surface area contributed by atoms with E-state index < -0.39 is 0 Å². The molecule has 3 aliphatic heterocycles. The molecule has 0 aromatic heterocycles. The lowest BCUT2D eigenvalue weighted by Crippen LogP contribution is -2.47. The molecule has 2 atom stereocenters. The van der Waals surface area contributed by atoms with Crippen LogP contribution in [0.15, 0.2) is 36.4 Å². The van der Waals surface area contributed by atoms with E-state index in [4.69, 9.17) is 14.2 Å². The first-order chi connectivity index (χ1) is 18.2. The summed E-state index contributed by atoms with van der Waals surface area (Å²) in [5, 5.41) is 0. The Balaban J connectivity index is 1.06. The Morgan fingerprint density at radius 1 is 0.946 bits per heavy atom. The van der Waals surface area contributed by atoms with Crippen LogP contribution in [0.2, 0.25) is 0 Å². The standard InChI is InChI=1S/C31H40N2O4/c1-35-27-11-13-32(14-12-27)20-22-4-5-24-18-26(7-6-23(24)17-22)33-15-10-25-19-28(8-9-30(25)31(33)34)37-21-29-3-2-16-36-29/h4-5,8-9,17,19,26-27,29H,2-3,6-7,10-16,18,20-21H2,1H3. The number of carbonyl (C=O) groups is 1. The van der Waals surface area contributed by atoms with E-state index in [0.29, 0.717) is 12.7 Å². The Morgan fingerprint density at radius 3 is 2.65 bits per heavy atom. The van der Waals surface area contributed by atoms with Gasteiger partial charge < -0.3 is 19.1 Å². The van der Waals surface area contributed by atoms with Crippen molar-refractivity contribution < 1.29 is 19.0 Å². The van der Waals surface area contributed by atoms with Gasteiger partial charge >= 0.3 is 0 Å². The number of hydrogen-bond acceptors (Lipinski definition) is 5. The molecule has 0 radical (unpaired) electrons. The maximum Gasteiger partial charge on any atom is 0.254 e. The van der Waals surface area contributed by atoms with Gasteiger partial charge in [-0.2, -0.15) is 0 Å². The van der Waals surface area contributed by atoms with Gasteiger partial charge in [0.15, 0.2) is 0 Å². The quantitative estimate of drug-likeness (QED) is 0.559. The number of aryl methyl sites for hydroxylation is 1. The fourth-order valence-electron chi connectivity index (χ4n) is 6.60. The normalized spacial score (nSPS) is 24.7. The third kappa shape index (κ3) is 5.57. The number of hydrogen-bond donors (Lipinski definition) is 0. The number of methoxy groups -OCH3 is 1. The number of piperidine rings is 1. The highest BCUT2D eigenvalue weighted by atomic mass is 16.5. The molecule has 2 aromatic carbocycles. The molecule has 37 heavy (non-hydrogen) atoms. The fraction of sp³-hybridized carbons (Fsp3) is 0.581. The monoisotopic (exact) mass is 504 g/mol. The van der Waals surface area contributed by atoms with Crippen LogP contribution < -0.4 is 4.74 Å². The van der Waals surface area contributed by atoms with E-state index in [1.165, 1.54) is 16.7 Å². The lowest BCUT2D eigenvalue weighted by Gasteiger charge is -2.38. The molecule has 1 aliphatic carbocycles. The van der Waals surface area contributed by atoms with Crippen LogP contribution in [0.4, 0.5) is 0 Å². The Kier molecular flexibility index (Phi) is 7.50. The van der Waals surface area contributed by atoms with Gasteiger partial charge in [0.1, 0.15) is 12.4 Å². The fourth-order valence-corrected chi connectivity index (χ4v) is 6.60. The number of carbonyl (C=O) groups excluding carboxylic acids is 1. The molecule has 6 nitrogen and oxygen atoms in total. The predicted octanol–water partition coefficient (Wildman–Crippen LogP) is 4.41. The van der Waals surface area contributed by atoms with Crippen molar-refractivity contribution in [1.29, 1.82) is 0 Å². The highest BCUT2D eigenvalue weighted by Crippen LogP contribution is 2.31. The van der Waals surface area contributed by atoms with Gasteiger partial charge in [0.2, 0.25) is 0 Å². The average Bonchev–Trinajstić information content (AvgIpc) is 3.46. The van der Waals surface area contributed by atoms with Gasteiger partial charge in [-0.15, -0.1) is 0 Å². The second-order valence-corrected chi connectivity index (χ2v) is 11.2. The molecule has 0 saturated carbocycles. The summed E-state index contributed by atoms with van der Waals surface area (Å²) in [7, 11) is 1.83. The first-order valence-electron chi connectivity index (χ1n) is 14.2. The van der Waals surface area contributed by atoms with Crippen LogP contribution in [-0.4, -0.2) is 73.9 Å². The van der Waals surface area contributed by atoms with Crippen molar-refractivity contribution in [2.24, 2.45) is 0 Å². The molecule has 4 aliphatic rings. The SMILES string of the molecule is COC1CCN(Cc2ccc3c(c2)CCC(N2CCc4cc(OCC5CCCO5)ccc4C2=O)C3)CC1. The smallest absolute Gasteiger partial charge is 0.254 e. The second-order valence-electron chi connectivity index (χ2n) is 11.2. The number of ether oxygens (including phenoxy) is 3. The lowest BCUT2D eigenvalue weighted by molar-refractivity contribution is 0.0388. The van der Waals surface area contributed by atoms with Gasteiger partial charge in [-0.25, -0.2) is 0 Å². The highest BCUT2D eigenvalue weighted by Gasteiger charge is 2.32. The third-order valence-electron chi connectivity index (χ3n) is 8.84. The van der Waals surface area contributed by atoms with Crippen LogP contribution >= 0.6 is 0 Å². The number of fused-ring (bicyclic) bond motifs is 2. The van der Waals surface area contributed by atoms with Gasteiger partial charge in [-0.3, -0.25) is 9.69 Å². The third-order valence-corrected chi connectivity index (χ3v) is 8.84. The summed E-state index contributed by atoms with van der Waals surface area (Å²) in [5.41, 5.74) is 6.25. The number of amides is 1. The van der Waals surface area contributed by atoms with Gasteiger partial charge in [-0.1, -0.05) is 18.2 Å². The van der Waals surface area contributed by atoms with Gasteiger partial charge in [0.05, 0.1) is 12.2 Å². The minimum Gasteiger partial charge on any atom is -0.491 e. The van der Waals surface area contributed by atoms with Crippen molar-refractivity contribution >= 4 is 5.91 Å². The Morgan fingerprint density at radius 2 is 1.84 bits per heavy atom. The summed E-state index contributed by atoms with van der Waals surface area (Å²) in [6.07, 6.45) is 8.99. The van der Waals surface area contributed by atoms with Crippen molar-refractivity contribution in [2.75, 3.05) is 40.0 Å². The lowest BCUT2D eigenvalue weighted by atomic mass is 9.85. The molecule has 6 heteroatoms. The summed E-state index contributed by atoms with van der Waals surface area (Å²) in [4.78, 5) is 18.2. The summed E-state index contributed by atoms with van der Waals surface area (Å²) in [6, 6.07) is 13.3. The molecular formula is C31H40N2O4. The number of benzene rings is 2. The zero-order chi connectivity index (χ0) is 25.2. The number of rotatable bonds is 7. The van der Waals surface area contributed by atoms with E-state index in [1.54, 1.807) is 0 Å². The summed E-state index contributed by atoms with van der Waals surface area (Å²) in [6.45, 7) is 5.46. The summed E-state index contributed by atoms with van der Waals surface area (Å²) >= 11 is 0. The molecule has 6 rings (SSSR count). The summed E-state index contributed by atoms with van der Waals surface area (Å²) < 4.78 is 17.2. The van der Waals surface area contributed by atoms with E-state index >= 15 is 0 Å². The first kappa shape index (κ1) is 24.9. The van der Waals surface area contributed by atoms with Crippen LogP contribution in [0.1, 0.15) is 64.7 Å². The number of nitrogens with zero attached hydrogens (tertiary/aromatic N) is 2. The first-order valence-corrected chi connectivity index (χ1v) is 14.2. The maximum atomic E-state index is 13.5. The molecule has 0 spiro atoms. The number of likely N-dealkylation sites (tertiary alicyclic amines) is 1. The topological polar surface area (TPSA) is 51.2 Å². The zero-order valence-corrected chi connectivity index (χ0v) is 22.1. The minimum absolute atomic E-state index is 0.177. The molecule has 0 N–H and O–H groups in total. The molecule has 198 valence electrons. The van der Waals surface area contributed by atoms with E-state index in [1.807, 2.05) is 19.2 Å². The van der Waals surface area contributed by atoms with Gasteiger partial charge in [0, 0.05) is 51.5 Å². The minimum atomic E-state index is 0.177. The van der Waals surface area contributed by atoms with Crippen molar-refractivity contribution in [3.8, 4) is 5.75 Å². The Bertz CT molecular complexity index is 1100. The van der Waals surface area contributed by atoms with Crippen LogP contribution in [-0.2, 0) is 35.3 Å². The maximum absolute atomic E-state index is 13.5. The average molecular weight is 505 g/mol. The molecular weight excluding hydrogens is 464 g/mol. The van der Waals surface area contributed by atoms with Crippen LogP contribution in [0.25, 0.3) is 0 Å². The van der Waals surface area contributed by atoms with E-state index in [2.05, 4.69) is 34.1 Å². The molecule has 1 amide bonds. The van der Waals surface area contributed by atoms with E-state index in [9.17, 15) is 4.79 Å². The van der Waals surface area contributed by atoms with Crippen molar-refractivity contribution in [2.45, 2.75) is 76.2 Å². The zero-order valence-electron chi connectivity index (χ0n) is 22.1. The van der Waals surface area contributed by atoms with Crippen molar-refractivity contribution in [1.82, 2.24) is 9.80 Å². The largest absolute Gasteiger partial charge is 0.491 e. The molecule has 2 aromatic rings. The van der Waals surface area contributed by atoms with Crippen LogP contribution in [0, 0.1) is 0 Å². The second kappa shape index (κ2) is 11.1. The van der Waals surface area contributed by atoms with Gasteiger partial charge in [0.25, 0.3) is 5.91 Å². The van der Waals surface area contributed by atoms with E-state index in [0.717, 1.165) is 101 Å². The van der Waals surface area contributed by atoms with Crippen LogP contribution in [0.5, 0.6) is 5.75 Å². The van der Waals surface area contributed by atoms with Crippen molar-refractivity contribution in [3.05, 3.63) is 64.2 Å². The molecule has 3 heterocycles. The van der Waals surface area contributed by atoms with E-state index in [-0.39, 0.29) is 18.1 Å². The summed E-state index contributed by atoms with van der Waals surface area (Å²) in [5.74, 6) is 1.03. The molecule has 0 bridgehead atoms.